The van der Waals surface area contributed by atoms with Crippen molar-refractivity contribution in [3.63, 3.8) is 0 Å². The molecule has 3 rings (SSSR count). The van der Waals surface area contributed by atoms with Gasteiger partial charge < -0.3 is 14.4 Å². The van der Waals surface area contributed by atoms with Gasteiger partial charge >= 0.3 is 12.1 Å². The van der Waals surface area contributed by atoms with Gasteiger partial charge in [-0.2, -0.15) is 18.3 Å². The Balaban J connectivity index is 1.66. The number of rotatable bonds is 4. The van der Waals surface area contributed by atoms with Gasteiger partial charge in [-0.05, 0) is 18.9 Å². The van der Waals surface area contributed by atoms with Crippen LogP contribution in [0.5, 0.6) is 0 Å². The summed E-state index contributed by atoms with van der Waals surface area (Å²) in [5.41, 5.74) is -0.975. The van der Waals surface area contributed by atoms with Gasteiger partial charge in [-0.3, -0.25) is 9.48 Å². The Morgan fingerprint density at radius 1 is 1.33 bits per heavy atom. The first-order chi connectivity index (χ1) is 12.7. The molecule has 0 unspecified atom stereocenters. The number of aromatic nitrogens is 2. The predicted octanol–water partition coefficient (Wildman–Crippen LogP) is 3.23. The SMILES string of the molecule is CCc1oc(C(=O)N2CCC(n3ccc(C(F)(F)F)n3)CC2)cc1C(=O)O. The standard InChI is InChI=1S/C17H18F3N3O4/c1-2-12-11(16(25)26)9-13(27-12)15(24)22-6-3-10(4-7-22)23-8-5-14(21-23)17(18,19)20/h5,8-10H,2-4,6-7H2,1H3,(H,25,26). The van der Waals surface area contributed by atoms with Gasteiger partial charge in [0.1, 0.15) is 11.3 Å². The van der Waals surface area contributed by atoms with E-state index in [0.717, 1.165) is 6.07 Å². The molecule has 1 amide bonds. The van der Waals surface area contributed by atoms with Crippen LogP contribution in [0.2, 0.25) is 0 Å². The molecule has 0 saturated carbocycles. The second-order valence-corrected chi connectivity index (χ2v) is 6.31. The van der Waals surface area contributed by atoms with Crippen LogP contribution in [0.15, 0.2) is 22.7 Å². The summed E-state index contributed by atoms with van der Waals surface area (Å²) in [6, 6.07) is 1.92. The highest BCUT2D eigenvalue weighted by Gasteiger charge is 2.35. The molecule has 1 N–H and O–H groups in total. The minimum atomic E-state index is -4.49. The highest BCUT2D eigenvalue weighted by Crippen LogP contribution is 2.30. The number of amides is 1. The first-order valence-electron chi connectivity index (χ1n) is 8.48. The molecule has 0 spiro atoms. The fourth-order valence-corrected chi connectivity index (χ4v) is 3.16. The summed E-state index contributed by atoms with van der Waals surface area (Å²) in [6.07, 6.45) is -1.96. The molecule has 0 atom stereocenters. The molecule has 1 saturated heterocycles. The Kier molecular flexibility index (Phi) is 4.99. The molecule has 2 aromatic heterocycles. The van der Waals surface area contributed by atoms with Crippen molar-refractivity contribution in [3.8, 4) is 0 Å². The Hall–Kier alpha value is -2.78. The normalized spacial score (nSPS) is 15.9. The van der Waals surface area contributed by atoms with Crippen molar-refractivity contribution in [2.24, 2.45) is 0 Å². The smallest absolute Gasteiger partial charge is 0.435 e. The van der Waals surface area contributed by atoms with Crippen molar-refractivity contribution < 1.29 is 32.3 Å². The molecule has 1 aliphatic heterocycles. The highest BCUT2D eigenvalue weighted by molar-refractivity contribution is 5.96. The molecule has 2 aromatic rings. The number of likely N-dealkylation sites (tertiary alicyclic amines) is 1. The van der Waals surface area contributed by atoms with Crippen LogP contribution in [0.4, 0.5) is 13.2 Å². The monoisotopic (exact) mass is 385 g/mol. The van der Waals surface area contributed by atoms with Crippen molar-refractivity contribution in [1.29, 1.82) is 0 Å². The van der Waals surface area contributed by atoms with E-state index in [1.165, 1.54) is 21.8 Å². The molecule has 0 radical (unpaired) electrons. The molecular weight excluding hydrogens is 367 g/mol. The van der Waals surface area contributed by atoms with Crippen LogP contribution in [0.1, 0.15) is 58.2 Å². The largest absolute Gasteiger partial charge is 0.478 e. The first-order valence-corrected chi connectivity index (χ1v) is 8.48. The third kappa shape index (κ3) is 3.83. The average Bonchev–Trinajstić information content (AvgIpc) is 3.28. The van der Waals surface area contributed by atoms with Gasteiger partial charge in [0, 0.05) is 31.8 Å². The van der Waals surface area contributed by atoms with E-state index in [1.807, 2.05) is 0 Å². The lowest BCUT2D eigenvalue weighted by molar-refractivity contribution is -0.141. The van der Waals surface area contributed by atoms with Gasteiger partial charge in [0.2, 0.25) is 0 Å². The maximum atomic E-state index is 12.7. The minimum absolute atomic E-state index is 0.0352. The molecule has 7 nitrogen and oxygen atoms in total. The molecular formula is C17H18F3N3O4. The van der Waals surface area contributed by atoms with Crippen LogP contribution in [-0.4, -0.2) is 44.8 Å². The van der Waals surface area contributed by atoms with E-state index in [2.05, 4.69) is 5.10 Å². The number of furan rings is 1. The van der Waals surface area contributed by atoms with Crippen molar-refractivity contribution in [1.82, 2.24) is 14.7 Å². The van der Waals surface area contributed by atoms with Crippen molar-refractivity contribution in [2.75, 3.05) is 13.1 Å². The third-order valence-electron chi connectivity index (χ3n) is 4.60. The van der Waals surface area contributed by atoms with Crippen LogP contribution in [0.3, 0.4) is 0 Å². The third-order valence-corrected chi connectivity index (χ3v) is 4.60. The zero-order chi connectivity index (χ0) is 19.8. The van der Waals surface area contributed by atoms with Crippen molar-refractivity contribution in [2.45, 2.75) is 38.4 Å². The summed E-state index contributed by atoms with van der Waals surface area (Å²) >= 11 is 0. The Labute approximate surface area is 152 Å². The minimum Gasteiger partial charge on any atom is -0.478 e. The first kappa shape index (κ1) is 19.0. The summed E-state index contributed by atoms with van der Waals surface area (Å²) in [7, 11) is 0. The topological polar surface area (TPSA) is 88.6 Å². The summed E-state index contributed by atoms with van der Waals surface area (Å²) in [4.78, 5) is 25.2. The van der Waals surface area contributed by atoms with E-state index in [-0.39, 0.29) is 23.1 Å². The van der Waals surface area contributed by atoms with E-state index in [0.29, 0.717) is 32.4 Å². The number of carboxylic acids is 1. The number of carbonyl (C=O) groups excluding carboxylic acids is 1. The van der Waals surface area contributed by atoms with Crippen molar-refractivity contribution in [3.05, 3.63) is 41.1 Å². The molecule has 1 fully saturated rings. The van der Waals surface area contributed by atoms with E-state index in [4.69, 9.17) is 9.52 Å². The van der Waals surface area contributed by atoms with Gasteiger partial charge in [0.05, 0.1) is 6.04 Å². The zero-order valence-electron chi connectivity index (χ0n) is 14.5. The average molecular weight is 385 g/mol. The van der Waals surface area contributed by atoms with Gasteiger partial charge in [-0.25, -0.2) is 4.79 Å². The van der Waals surface area contributed by atoms with Crippen molar-refractivity contribution >= 4 is 11.9 Å². The van der Waals surface area contributed by atoms with E-state index < -0.39 is 23.7 Å². The van der Waals surface area contributed by atoms with Gasteiger partial charge in [0.25, 0.3) is 5.91 Å². The summed E-state index contributed by atoms with van der Waals surface area (Å²) in [6.45, 7) is 2.36. The van der Waals surface area contributed by atoms with Gasteiger partial charge in [-0.15, -0.1) is 0 Å². The summed E-state index contributed by atoms with van der Waals surface area (Å²) in [5, 5.41) is 12.7. The number of hydrogen-bond donors (Lipinski definition) is 1. The number of piperidine rings is 1. The molecule has 10 heteroatoms. The number of carboxylic acid groups (broad SMARTS) is 1. The number of halogens is 3. The number of hydrogen-bond acceptors (Lipinski definition) is 4. The maximum Gasteiger partial charge on any atom is 0.435 e. The van der Waals surface area contributed by atoms with Crippen LogP contribution >= 0.6 is 0 Å². The molecule has 146 valence electrons. The van der Waals surface area contributed by atoms with E-state index in [1.54, 1.807) is 6.92 Å². The van der Waals surface area contributed by atoms with Crippen LogP contribution in [0.25, 0.3) is 0 Å². The van der Waals surface area contributed by atoms with Crippen LogP contribution in [-0.2, 0) is 12.6 Å². The predicted molar refractivity (Wildman–Crippen MR) is 86.4 cm³/mol. The number of aromatic carboxylic acids is 1. The number of nitrogens with zero attached hydrogens (tertiary/aromatic N) is 3. The quantitative estimate of drug-likeness (QED) is 0.873. The summed E-state index contributed by atoms with van der Waals surface area (Å²) in [5.74, 6) is -1.39. The van der Waals surface area contributed by atoms with E-state index >= 15 is 0 Å². The van der Waals surface area contributed by atoms with Crippen LogP contribution < -0.4 is 0 Å². The molecule has 0 aromatic carbocycles. The van der Waals surface area contributed by atoms with Gasteiger partial charge in [-0.1, -0.05) is 6.92 Å². The molecule has 3 heterocycles. The van der Waals surface area contributed by atoms with E-state index in [9.17, 15) is 22.8 Å². The van der Waals surface area contributed by atoms with Gasteiger partial charge in [0.15, 0.2) is 11.5 Å². The Morgan fingerprint density at radius 3 is 2.48 bits per heavy atom. The number of alkyl halides is 3. The maximum absolute atomic E-state index is 12.7. The lowest BCUT2D eigenvalue weighted by atomic mass is 10.1. The Bertz CT molecular complexity index is 848. The number of carbonyl (C=O) groups is 2. The number of aryl methyl sites for hydroxylation is 1. The summed E-state index contributed by atoms with van der Waals surface area (Å²) < 4.78 is 44.7. The lowest BCUT2D eigenvalue weighted by Crippen LogP contribution is -2.39. The molecule has 27 heavy (non-hydrogen) atoms. The molecule has 1 aliphatic rings. The fourth-order valence-electron chi connectivity index (χ4n) is 3.16. The highest BCUT2D eigenvalue weighted by atomic mass is 19.4. The fraction of sp³-hybridized carbons (Fsp3) is 0.471. The second kappa shape index (κ2) is 7.09. The Morgan fingerprint density at radius 2 is 2.00 bits per heavy atom. The van der Waals surface area contributed by atoms with Crippen LogP contribution in [0, 0.1) is 0 Å². The molecule has 0 bridgehead atoms. The zero-order valence-corrected chi connectivity index (χ0v) is 14.5. The second-order valence-electron chi connectivity index (χ2n) is 6.31. The molecule has 0 aliphatic carbocycles. The lowest BCUT2D eigenvalue weighted by Gasteiger charge is -2.31.